The molecule has 1 aliphatic heterocycles. The highest BCUT2D eigenvalue weighted by Crippen LogP contribution is 2.39. The summed E-state index contributed by atoms with van der Waals surface area (Å²) in [6.07, 6.45) is 0. The lowest BCUT2D eigenvalue weighted by molar-refractivity contribution is 0.0697. The van der Waals surface area contributed by atoms with E-state index in [0.717, 1.165) is 27.7 Å². The second kappa shape index (κ2) is 6.29. The monoisotopic (exact) mass is 339 g/mol. The number of halogens is 1. The molecule has 0 saturated heterocycles. The summed E-state index contributed by atoms with van der Waals surface area (Å²) in [5.74, 6) is -0.923. The number of carboxylic acids is 1. The fourth-order valence-electron chi connectivity index (χ4n) is 2.79. The van der Waals surface area contributed by atoms with Crippen molar-refractivity contribution in [1.29, 1.82) is 0 Å². The van der Waals surface area contributed by atoms with Crippen LogP contribution in [0.4, 0.5) is 11.4 Å². The minimum absolute atomic E-state index is 0. The van der Waals surface area contributed by atoms with Crippen LogP contribution in [0.5, 0.6) is 0 Å². The molecule has 3 aromatic carbocycles. The Morgan fingerprint density at radius 3 is 2.42 bits per heavy atom. The summed E-state index contributed by atoms with van der Waals surface area (Å²) in [6.45, 7) is 0.539. The molecule has 0 bridgehead atoms. The van der Waals surface area contributed by atoms with Gasteiger partial charge in [0, 0.05) is 5.39 Å². The molecule has 3 aromatic rings. The minimum Gasteiger partial charge on any atom is -0.478 e. The van der Waals surface area contributed by atoms with Crippen molar-refractivity contribution in [3.8, 4) is 0 Å². The number of carbonyl (C=O) groups is 1. The van der Waals surface area contributed by atoms with Gasteiger partial charge in [-0.2, -0.15) is 0 Å². The van der Waals surface area contributed by atoms with Gasteiger partial charge in [0.1, 0.15) is 0 Å². The zero-order chi connectivity index (χ0) is 15.8. The molecule has 0 aliphatic carbocycles. The van der Waals surface area contributed by atoms with E-state index in [2.05, 4.69) is 22.5 Å². The van der Waals surface area contributed by atoms with Gasteiger partial charge < -0.3 is 5.11 Å². The Kier molecular flexibility index (Phi) is 4.18. The molecule has 6 heteroatoms. The molecule has 0 unspecified atom stereocenters. The molecular weight excluding hydrogens is 326 g/mol. The van der Waals surface area contributed by atoms with Gasteiger partial charge in [-0.15, -0.1) is 17.5 Å². The number of anilines is 1. The van der Waals surface area contributed by atoms with Crippen LogP contribution in [0.1, 0.15) is 15.9 Å². The molecule has 4 rings (SSSR count). The smallest absolute Gasteiger partial charge is 0.335 e. The van der Waals surface area contributed by atoms with Crippen LogP contribution < -0.4 is 5.01 Å². The molecule has 0 amide bonds. The number of nitrogens with zero attached hydrogens (tertiary/aromatic N) is 3. The van der Waals surface area contributed by atoms with E-state index < -0.39 is 5.97 Å². The minimum atomic E-state index is -0.923. The molecule has 0 radical (unpaired) electrons. The van der Waals surface area contributed by atoms with E-state index >= 15 is 0 Å². The van der Waals surface area contributed by atoms with Gasteiger partial charge in [0.25, 0.3) is 0 Å². The summed E-state index contributed by atoms with van der Waals surface area (Å²) < 4.78 is 0. The van der Waals surface area contributed by atoms with Crippen molar-refractivity contribution in [1.82, 2.24) is 0 Å². The van der Waals surface area contributed by atoms with E-state index in [-0.39, 0.29) is 18.0 Å². The van der Waals surface area contributed by atoms with Crippen LogP contribution in [-0.4, -0.2) is 11.1 Å². The molecule has 0 saturated carbocycles. The first-order valence-corrected chi connectivity index (χ1v) is 7.25. The highest BCUT2D eigenvalue weighted by molar-refractivity contribution is 6.02. The van der Waals surface area contributed by atoms with Crippen LogP contribution in [0.15, 0.2) is 71.0 Å². The third kappa shape index (κ3) is 2.70. The third-order valence-corrected chi connectivity index (χ3v) is 3.93. The average molecular weight is 340 g/mol. The summed E-state index contributed by atoms with van der Waals surface area (Å²) in [5, 5.41) is 21.6. The van der Waals surface area contributed by atoms with Crippen molar-refractivity contribution in [2.75, 3.05) is 5.01 Å². The molecular formula is C18H14ClN3O2. The number of aromatic carboxylic acids is 1. The Morgan fingerprint density at radius 2 is 1.71 bits per heavy atom. The lowest BCUT2D eigenvalue weighted by Crippen LogP contribution is -2.17. The first-order chi connectivity index (χ1) is 11.2. The van der Waals surface area contributed by atoms with Crippen LogP contribution in [0.3, 0.4) is 0 Å². The lowest BCUT2D eigenvalue weighted by atomic mass is 10.1. The Bertz CT molecular complexity index is 933. The maximum atomic E-state index is 10.9. The topological polar surface area (TPSA) is 65.3 Å². The summed E-state index contributed by atoms with van der Waals surface area (Å²) >= 11 is 0. The van der Waals surface area contributed by atoms with Gasteiger partial charge in [-0.3, -0.25) is 0 Å². The standard InChI is InChI=1S/C18H13N3O2.ClH/c22-18(23)14-9-7-12(8-10-14)11-21-16-6-2-4-13-3-1-5-15(17(13)16)19-20-21;/h1-10H,11H2,(H,22,23);1H. The molecule has 5 nitrogen and oxygen atoms in total. The Balaban J connectivity index is 0.00000169. The molecule has 120 valence electrons. The Labute approximate surface area is 144 Å². The molecule has 0 atom stereocenters. The van der Waals surface area contributed by atoms with Crippen molar-refractivity contribution in [2.24, 2.45) is 10.3 Å². The maximum absolute atomic E-state index is 10.9. The van der Waals surface area contributed by atoms with Gasteiger partial charge >= 0.3 is 5.97 Å². The molecule has 1 heterocycles. The van der Waals surface area contributed by atoms with E-state index in [9.17, 15) is 4.79 Å². The number of hydrogen-bond donors (Lipinski definition) is 1. The number of hydrogen-bond acceptors (Lipinski definition) is 4. The van der Waals surface area contributed by atoms with Crippen molar-refractivity contribution >= 4 is 40.5 Å². The van der Waals surface area contributed by atoms with E-state index in [1.807, 2.05) is 29.3 Å². The molecule has 1 N–H and O–H groups in total. The lowest BCUT2D eigenvalue weighted by Gasteiger charge is -2.23. The maximum Gasteiger partial charge on any atom is 0.335 e. The number of benzene rings is 3. The zero-order valence-electron chi connectivity index (χ0n) is 12.6. The van der Waals surface area contributed by atoms with Crippen molar-refractivity contribution in [3.05, 3.63) is 71.8 Å². The van der Waals surface area contributed by atoms with Gasteiger partial charge in [0.2, 0.25) is 0 Å². The van der Waals surface area contributed by atoms with Crippen LogP contribution in [0.2, 0.25) is 0 Å². The van der Waals surface area contributed by atoms with Crippen LogP contribution in [0, 0.1) is 0 Å². The summed E-state index contributed by atoms with van der Waals surface area (Å²) in [5.41, 5.74) is 3.14. The van der Waals surface area contributed by atoms with Gasteiger partial charge in [-0.1, -0.05) is 41.6 Å². The fourth-order valence-corrected chi connectivity index (χ4v) is 2.79. The SMILES string of the molecule is Cl.O=C(O)c1ccc(CN2N=Nc3cccc4cccc2c34)cc1. The van der Waals surface area contributed by atoms with Crippen molar-refractivity contribution in [2.45, 2.75) is 6.54 Å². The Hall–Kier alpha value is -2.92. The first kappa shape index (κ1) is 16.0. The zero-order valence-corrected chi connectivity index (χ0v) is 13.4. The van der Waals surface area contributed by atoms with Crippen LogP contribution in [-0.2, 0) is 6.54 Å². The summed E-state index contributed by atoms with van der Waals surface area (Å²) in [4.78, 5) is 10.9. The predicted octanol–water partition coefficient (Wildman–Crippen LogP) is 4.98. The van der Waals surface area contributed by atoms with Gasteiger partial charge in [0.05, 0.1) is 23.5 Å². The molecule has 24 heavy (non-hydrogen) atoms. The van der Waals surface area contributed by atoms with E-state index in [0.29, 0.717) is 6.54 Å². The van der Waals surface area contributed by atoms with Crippen molar-refractivity contribution < 1.29 is 9.90 Å². The predicted molar refractivity (Wildman–Crippen MR) is 95.3 cm³/mol. The van der Waals surface area contributed by atoms with Crippen molar-refractivity contribution in [3.63, 3.8) is 0 Å². The highest BCUT2D eigenvalue weighted by atomic mass is 35.5. The normalized spacial score (nSPS) is 12.1. The quantitative estimate of drug-likeness (QED) is 0.732. The van der Waals surface area contributed by atoms with E-state index in [4.69, 9.17) is 5.11 Å². The number of rotatable bonds is 3. The Morgan fingerprint density at radius 1 is 1.00 bits per heavy atom. The van der Waals surface area contributed by atoms with E-state index in [1.165, 1.54) is 0 Å². The van der Waals surface area contributed by atoms with Crippen LogP contribution >= 0.6 is 12.4 Å². The second-order valence-corrected chi connectivity index (χ2v) is 5.40. The molecule has 0 aromatic heterocycles. The van der Waals surface area contributed by atoms with E-state index in [1.54, 1.807) is 24.3 Å². The van der Waals surface area contributed by atoms with Gasteiger partial charge in [0.15, 0.2) is 0 Å². The van der Waals surface area contributed by atoms with Crippen LogP contribution in [0.25, 0.3) is 10.8 Å². The average Bonchev–Trinajstić information content (AvgIpc) is 2.58. The summed E-state index contributed by atoms with van der Waals surface area (Å²) in [7, 11) is 0. The largest absolute Gasteiger partial charge is 0.478 e. The fraction of sp³-hybridized carbons (Fsp3) is 0.0556. The second-order valence-electron chi connectivity index (χ2n) is 5.40. The molecule has 0 spiro atoms. The molecule has 1 aliphatic rings. The van der Waals surface area contributed by atoms with Gasteiger partial charge in [-0.25, -0.2) is 9.80 Å². The summed E-state index contributed by atoms with van der Waals surface area (Å²) in [6, 6.07) is 18.9. The molecule has 0 fully saturated rings. The first-order valence-electron chi connectivity index (χ1n) is 7.25. The third-order valence-electron chi connectivity index (χ3n) is 3.93. The number of carboxylic acid groups (broad SMARTS) is 1. The highest BCUT2D eigenvalue weighted by Gasteiger charge is 2.17. The van der Waals surface area contributed by atoms with Gasteiger partial charge in [-0.05, 0) is 35.2 Å².